The van der Waals surface area contributed by atoms with Gasteiger partial charge in [0.25, 0.3) is 0 Å². The van der Waals surface area contributed by atoms with Crippen molar-refractivity contribution < 1.29 is 0 Å². The fraction of sp³-hybridized carbons (Fsp3) is 1.00. The molecule has 4 N–H and O–H groups in total. The molecule has 6 heavy (non-hydrogen) atoms. The van der Waals surface area contributed by atoms with Crippen molar-refractivity contribution in [2.45, 2.75) is 6.17 Å². The van der Waals surface area contributed by atoms with Gasteiger partial charge in [0.05, 0.1) is 0 Å². The first-order chi connectivity index (χ1) is 2.81. The number of nitrogens with two attached hydrogens (primary N) is 2. The largest absolute Gasteiger partial charge is 0.327 e. The van der Waals surface area contributed by atoms with Gasteiger partial charge in [0.1, 0.15) is 0 Å². The number of hydrogen-bond donors (Lipinski definition) is 2. The summed E-state index contributed by atoms with van der Waals surface area (Å²) in [4.78, 5) is 9.28. The lowest BCUT2D eigenvalue weighted by Crippen LogP contribution is -2.26. The lowest BCUT2D eigenvalue weighted by Gasteiger charge is -1.89. The Kier molecular flexibility index (Phi) is 2.52. The van der Waals surface area contributed by atoms with Gasteiger partial charge in [-0.05, 0) is 5.18 Å². The van der Waals surface area contributed by atoms with E-state index < -0.39 is 6.17 Å². The van der Waals surface area contributed by atoms with Crippen LogP contribution in [0.4, 0.5) is 0 Å². The van der Waals surface area contributed by atoms with Crippen molar-refractivity contribution in [3.63, 3.8) is 0 Å². The fourth-order valence-electron chi connectivity index (χ4n) is 0.0430. The topological polar surface area (TPSA) is 81.5 Å². The predicted molar refractivity (Wildman–Crippen MR) is 22.8 cm³/mol. The van der Waals surface area contributed by atoms with Gasteiger partial charge in [0.15, 0.2) is 6.17 Å². The Morgan fingerprint density at radius 1 is 1.83 bits per heavy atom. The maximum absolute atomic E-state index is 9.28. The van der Waals surface area contributed by atoms with Crippen molar-refractivity contribution in [2.24, 2.45) is 16.6 Å². The van der Waals surface area contributed by atoms with Crippen molar-refractivity contribution in [3.8, 4) is 0 Å². The lowest BCUT2D eigenvalue weighted by molar-refractivity contribution is 0.714. The molecule has 0 aliphatic carbocycles. The fourth-order valence-corrected chi connectivity index (χ4v) is 0.0430. The summed E-state index contributed by atoms with van der Waals surface area (Å²) in [6, 6.07) is 0. The first-order valence-electron chi connectivity index (χ1n) is 1.59. The molecule has 1 atom stereocenters. The third-order valence-corrected chi connectivity index (χ3v) is 0.377. The van der Waals surface area contributed by atoms with Crippen molar-refractivity contribution >= 4 is 0 Å². The first kappa shape index (κ1) is 5.52. The van der Waals surface area contributed by atoms with Crippen LogP contribution in [0.3, 0.4) is 0 Å². The highest BCUT2D eigenvalue weighted by molar-refractivity contribution is 4.53. The van der Waals surface area contributed by atoms with E-state index >= 15 is 0 Å². The van der Waals surface area contributed by atoms with Gasteiger partial charge in [-0.2, -0.15) is 0 Å². The molecule has 0 aliphatic heterocycles. The van der Waals surface area contributed by atoms with E-state index in [1.165, 1.54) is 0 Å². The molecule has 4 heteroatoms. The van der Waals surface area contributed by atoms with Gasteiger partial charge in [-0.25, -0.2) is 0 Å². The Bertz CT molecular complexity index is 46.1. The van der Waals surface area contributed by atoms with Gasteiger partial charge in [-0.15, -0.1) is 4.91 Å². The molecule has 0 radical (unpaired) electrons. The minimum Gasteiger partial charge on any atom is -0.327 e. The number of nitroso groups, excluding NO2 is 1. The van der Waals surface area contributed by atoms with Crippen molar-refractivity contribution in [2.75, 3.05) is 6.54 Å². The third-order valence-electron chi connectivity index (χ3n) is 0.377. The summed E-state index contributed by atoms with van der Waals surface area (Å²) in [5.41, 5.74) is 9.73. The molecule has 0 fully saturated rings. The highest BCUT2D eigenvalue weighted by Gasteiger charge is 1.90. The summed E-state index contributed by atoms with van der Waals surface area (Å²) in [5, 5.41) is 2.41. The van der Waals surface area contributed by atoms with Gasteiger partial charge in [0.2, 0.25) is 0 Å². The van der Waals surface area contributed by atoms with Crippen LogP contribution in [0.5, 0.6) is 0 Å². The minimum atomic E-state index is -0.718. The molecule has 0 heterocycles. The van der Waals surface area contributed by atoms with Crippen LogP contribution in [0.15, 0.2) is 5.18 Å². The average molecular weight is 89.1 g/mol. The minimum absolute atomic E-state index is 0.128. The highest BCUT2D eigenvalue weighted by Crippen LogP contribution is 1.68. The summed E-state index contributed by atoms with van der Waals surface area (Å²) in [6.45, 7) is 0.128. The van der Waals surface area contributed by atoms with Crippen LogP contribution < -0.4 is 11.5 Å². The van der Waals surface area contributed by atoms with E-state index in [1.54, 1.807) is 0 Å². The van der Waals surface area contributed by atoms with Crippen LogP contribution in [0.2, 0.25) is 0 Å². The molecular weight excluding hydrogens is 82.0 g/mol. The van der Waals surface area contributed by atoms with E-state index in [0.29, 0.717) is 0 Å². The zero-order valence-electron chi connectivity index (χ0n) is 3.29. The van der Waals surface area contributed by atoms with E-state index in [4.69, 9.17) is 11.5 Å². The van der Waals surface area contributed by atoms with Crippen molar-refractivity contribution in [1.82, 2.24) is 0 Å². The van der Waals surface area contributed by atoms with Crippen molar-refractivity contribution in [3.05, 3.63) is 4.91 Å². The summed E-state index contributed by atoms with van der Waals surface area (Å²) in [6.07, 6.45) is -0.718. The molecule has 0 spiro atoms. The van der Waals surface area contributed by atoms with Crippen LogP contribution in [0.1, 0.15) is 0 Å². The summed E-state index contributed by atoms with van der Waals surface area (Å²) in [5.74, 6) is 0. The maximum atomic E-state index is 9.28. The van der Waals surface area contributed by atoms with E-state index in [0.717, 1.165) is 0 Å². The lowest BCUT2D eigenvalue weighted by atomic mass is 10.6. The standard InChI is InChI=1S/C2H7N3O/c3-1-2(4)5-6/h2H,1,3-4H2. The Morgan fingerprint density at radius 3 is 2.33 bits per heavy atom. The van der Waals surface area contributed by atoms with Crippen molar-refractivity contribution in [1.29, 1.82) is 0 Å². The smallest absolute Gasteiger partial charge is 0.152 e. The molecule has 0 aliphatic rings. The molecule has 0 saturated carbocycles. The number of nitrogens with zero attached hydrogens (tertiary/aromatic N) is 1. The monoisotopic (exact) mass is 89.1 g/mol. The molecular formula is C2H7N3O. The molecule has 0 aromatic heterocycles. The summed E-state index contributed by atoms with van der Waals surface area (Å²) < 4.78 is 0. The average Bonchev–Trinajstić information content (AvgIpc) is 1.65. The second-order valence-electron chi connectivity index (χ2n) is 0.908. The quantitative estimate of drug-likeness (QED) is 0.425. The molecule has 0 saturated heterocycles. The van der Waals surface area contributed by atoms with E-state index in [2.05, 4.69) is 5.18 Å². The number of hydrogen-bond acceptors (Lipinski definition) is 4. The van der Waals surface area contributed by atoms with Gasteiger partial charge in [-0.3, -0.25) is 0 Å². The summed E-state index contributed by atoms with van der Waals surface area (Å²) in [7, 11) is 0. The molecule has 1 unspecified atom stereocenters. The SMILES string of the molecule is NCC(N)N=O. The van der Waals surface area contributed by atoms with E-state index in [1.807, 2.05) is 0 Å². The van der Waals surface area contributed by atoms with E-state index in [-0.39, 0.29) is 6.54 Å². The zero-order chi connectivity index (χ0) is 4.99. The molecule has 0 amide bonds. The maximum Gasteiger partial charge on any atom is 0.152 e. The summed E-state index contributed by atoms with van der Waals surface area (Å²) >= 11 is 0. The third kappa shape index (κ3) is 1.80. The first-order valence-corrected chi connectivity index (χ1v) is 1.59. The predicted octanol–water partition coefficient (Wildman–Crippen LogP) is -1.00. The van der Waals surface area contributed by atoms with Gasteiger partial charge in [-0.1, -0.05) is 0 Å². The Morgan fingerprint density at radius 2 is 2.33 bits per heavy atom. The van der Waals surface area contributed by atoms with Gasteiger partial charge in [0, 0.05) is 6.54 Å². The van der Waals surface area contributed by atoms with Crippen LogP contribution in [0, 0.1) is 4.91 Å². The van der Waals surface area contributed by atoms with E-state index in [9.17, 15) is 4.91 Å². The Labute approximate surface area is 35.5 Å². The molecule has 36 valence electrons. The van der Waals surface area contributed by atoms with Crippen LogP contribution in [-0.2, 0) is 0 Å². The molecule has 0 aromatic carbocycles. The Hall–Kier alpha value is -0.480. The highest BCUT2D eigenvalue weighted by atomic mass is 16.3. The number of rotatable bonds is 2. The van der Waals surface area contributed by atoms with Crippen LogP contribution in [0.25, 0.3) is 0 Å². The second kappa shape index (κ2) is 2.74. The molecule has 0 bridgehead atoms. The molecule has 0 rings (SSSR count). The normalized spacial score (nSPS) is 13.7. The van der Waals surface area contributed by atoms with Crippen LogP contribution in [-0.4, -0.2) is 12.7 Å². The molecule has 4 nitrogen and oxygen atoms in total. The second-order valence-corrected chi connectivity index (χ2v) is 0.908. The zero-order valence-corrected chi connectivity index (χ0v) is 3.29. The van der Waals surface area contributed by atoms with Crippen LogP contribution >= 0.6 is 0 Å². The Balaban J connectivity index is 2.96. The molecule has 0 aromatic rings. The van der Waals surface area contributed by atoms with Gasteiger partial charge >= 0.3 is 0 Å². The van der Waals surface area contributed by atoms with Gasteiger partial charge < -0.3 is 11.5 Å².